The number of halogens is 3. The molecule has 0 aliphatic rings. The summed E-state index contributed by atoms with van der Waals surface area (Å²) in [5.41, 5.74) is 0. The molecule has 0 heterocycles. The van der Waals surface area contributed by atoms with Crippen LogP contribution in [0.15, 0.2) is 0 Å². The molecule has 0 aromatic heterocycles. The minimum absolute atomic E-state index is 0.779. The van der Waals surface area contributed by atoms with Gasteiger partial charge in [0, 0.05) is 6.92 Å². The highest BCUT2D eigenvalue weighted by atomic mass is 35.5. The minimum Gasteiger partial charge on any atom is -0.420 e. The van der Waals surface area contributed by atoms with Crippen molar-refractivity contribution in [2.24, 2.45) is 0 Å². The molecule has 0 aromatic rings. The molecule has 10 heavy (non-hydrogen) atoms. The highest BCUT2D eigenvalue weighted by molar-refractivity contribution is 6.77. The van der Waals surface area contributed by atoms with Gasteiger partial charge in [-0.2, -0.15) is 0 Å². The molecule has 0 fully saturated rings. The van der Waals surface area contributed by atoms with Gasteiger partial charge in [0.15, 0.2) is 0 Å². The van der Waals surface area contributed by atoms with Gasteiger partial charge in [-0.25, -0.2) is 0 Å². The van der Waals surface area contributed by atoms with Crippen molar-refractivity contribution >= 4 is 46.0 Å². The van der Waals surface area contributed by atoms with Gasteiger partial charge in [-0.05, 0) is 34.8 Å². The van der Waals surface area contributed by atoms with E-state index in [0.29, 0.717) is 0 Å². The zero-order valence-electron chi connectivity index (χ0n) is 4.86. The van der Waals surface area contributed by atoms with Crippen LogP contribution in [0.25, 0.3) is 0 Å². The van der Waals surface area contributed by atoms with Gasteiger partial charge >= 0.3 is 10.5 Å². The van der Waals surface area contributed by atoms with Gasteiger partial charge in [0.05, 0.1) is 0 Å². The fourth-order valence-corrected chi connectivity index (χ4v) is 0.477. The Morgan fingerprint density at radius 1 is 1.40 bits per heavy atom. The second kappa shape index (κ2) is 3.42. The monoisotopic (exact) mass is 204 g/mol. The summed E-state index contributed by atoms with van der Waals surface area (Å²) in [6, 6.07) is 0. The molecule has 58 valence electrons. The van der Waals surface area contributed by atoms with E-state index in [0.717, 1.165) is 6.92 Å². The predicted octanol–water partition coefficient (Wildman–Crippen LogP) is 1.45. The molecule has 0 aromatic carbocycles. The molecule has 0 N–H and O–H groups in total. The molecule has 0 aliphatic carbocycles. The maximum atomic E-state index is 10.2. The zero-order valence-corrected chi connectivity index (χ0v) is 7.13. The van der Waals surface area contributed by atoms with Crippen LogP contribution in [0, 0.1) is 0 Å². The van der Waals surface area contributed by atoms with Crippen LogP contribution in [-0.2, 0) is 14.3 Å². The lowest BCUT2D eigenvalue weighted by molar-refractivity contribution is -0.148. The lowest BCUT2D eigenvalue weighted by Crippen LogP contribution is -2.27. The number of rotatable bonds is 2. The molecule has 0 spiro atoms. The van der Waals surface area contributed by atoms with Gasteiger partial charge in [0.25, 0.3) is 5.24 Å². The highest BCUT2D eigenvalue weighted by Crippen LogP contribution is 2.25. The van der Waals surface area contributed by atoms with E-state index in [1.807, 2.05) is 0 Å². The van der Waals surface area contributed by atoms with E-state index in [-0.39, 0.29) is 0 Å². The SMILES string of the molecule is CC(=O)OC(Cl)(Cl)C(=O)Cl. The Morgan fingerprint density at radius 3 is 1.90 bits per heavy atom. The van der Waals surface area contributed by atoms with Crippen molar-refractivity contribution in [3.05, 3.63) is 0 Å². The van der Waals surface area contributed by atoms with E-state index in [1.54, 1.807) is 0 Å². The molecule has 0 unspecified atom stereocenters. The Hall–Kier alpha value is 0.01000. The van der Waals surface area contributed by atoms with Gasteiger partial charge in [0.2, 0.25) is 0 Å². The van der Waals surface area contributed by atoms with E-state index in [1.165, 1.54) is 0 Å². The summed E-state index contributed by atoms with van der Waals surface area (Å²) in [7, 11) is 0. The topological polar surface area (TPSA) is 43.4 Å². The first-order valence-electron chi connectivity index (χ1n) is 2.13. The number of esters is 1. The second-order valence-electron chi connectivity index (χ2n) is 1.38. The Bertz CT molecular complexity index is 165. The third kappa shape index (κ3) is 3.25. The van der Waals surface area contributed by atoms with Crippen molar-refractivity contribution in [1.29, 1.82) is 0 Å². The second-order valence-corrected chi connectivity index (χ2v) is 2.99. The normalized spacial score (nSPS) is 10.8. The Balaban J connectivity index is 4.13. The largest absolute Gasteiger partial charge is 0.420 e. The number of carbonyl (C=O) groups is 2. The summed E-state index contributed by atoms with van der Waals surface area (Å²) in [5, 5.41) is -1.15. The molecule has 0 saturated carbocycles. The average molecular weight is 205 g/mol. The zero-order chi connectivity index (χ0) is 8.36. The smallest absolute Gasteiger partial charge is 0.336 e. The van der Waals surface area contributed by atoms with Gasteiger partial charge < -0.3 is 4.74 Å². The maximum absolute atomic E-state index is 10.2. The van der Waals surface area contributed by atoms with Gasteiger partial charge in [-0.15, -0.1) is 0 Å². The van der Waals surface area contributed by atoms with Crippen LogP contribution < -0.4 is 0 Å². The maximum Gasteiger partial charge on any atom is 0.336 e. The van der Waals surface area contributed by atoms with E-state index in [4.69, 9.17) is 34.8 Å². The summed E-state index contributed by atoms with van der Waals surface area (Å²) in [5.74, 6) is -0.779. The van der Waals surface area contributed by atoms with Crippen LogP contribution in [0.1, 0.15) is 6.92 Å². The molecule has 3 nitrogen and oxygen atoms in total. The van der Waals surface area contributed by atoms with E-state index in [9.17, 15) is 9.59 Å². The number of hydrogen-bond donors (Lipinski definition) is 0. The Kier molecular flexibility index (Phi) is 3.42. The van der Waals surface area contributed by atoms with E-state index >= 15 is 0 Å². The molecular formula is C4H3Cl3O3. The number of alkyl halides is 2. The molecule has 0 atom stereocenters. The van der Waals surface area contributed by atoms with E-state index < -0.39 is 15.7 Å². The lowest BCUT2D eigenvalue weighted by Gasteiger charge is -2.12. The predicted molar refractivity (Wildman–Crippen MR) is 37.1 cm³/mol. The summed E-state index contributed by atoms with van der Waals surface area (Å²) in [6.45, 7) is 1.05. The number of carbonyl (C=O) groups excluding carboxylic acids is 2. The van der Waals surface area contributed by atoms with Crippen LogP contribution in [-0.4, -0.2) is 15.7 Å². The molecule has 0 aliphatic heterocycles. The molecule has 0 amide bonds. The molecule has 0 saturated heterocycles. The molecule has 0 bridgehead atoms. The van der Waals surface area contributed by atoms with Crippen LogP contribution in [0.3, 0.4) is 0 Å². The summed E-state index contributed by atoms with van der Waals surface area (Å²) in [4.78, 5) is 20.4. The standard InChI is InChI=1S/C4H3Cl3O3/c1-2(8)10-4(6,7)3(5)9/h1H3. The summed E-state index contributed by atoms with van der Waals surface area (Å²) < 4.78 is 1.85. The number of hydrogen-bond acceptors (Lipinski definition) is 3. The van der Waals surface area contributed by atoms with Crippen molar-refractivity contribution in [3.8, 4) is 0 Å². The molecule has 0 radical (unpaired) electrons. The van der Waals surface area contributed by atoms with Crippen LogP contribution in [0.2, 0.25) is 0 Å². The Labute approximate surface area is 72.2 Å². The first-order valence-corrected chi connectivity index (χ1v) is 3.27. The van der Waals surface area contributed by atoms with Gasteiger partial charge in [-0.3, -0.25) is 9.59 Å². The first-order chi connectivity index (χ1) is 4.36. The quantitative estimate of drug-likeness (QED) is 0.389. The Morgan fingerprint density at radius 2 is 1.80 bits per heavy atom. The third-order valence-corrected chi connectivity index (χ3v) is 1.46. The van der Waals surface area contributed by atoms with Crippen molar-refractivity contribution in [2.75, 3.05) is 0 Å². The van der Waals surface area contributed by atoms with Crippen LogP contribution in [0.4, 0.5) is 0 Å². The van der Waals surface area contributed by atoms with Crippen molar-refractivity contribution in [3.63, 3.8) is 0 Å². The van der Waals surface area contributed by atoms with Crippen molar-refractivity contribution < 1.29 is 14.3 Å². The van der Waals surface area contributed by atoms with Gasteiger partial charge in [0.1, 0.15) is 0 Å². The molecule has 6 heteroatoms. The minimum atomic E-state index is -2.26. The lowest BCUT2D eigenvalue weighted by atomic mass is 10.7. The van der Waals surface area contributed by atoms with Crippen LogP contribution in [0.5, 0.6) is 0 Å². The molecular weight excluding hydrogens is 202 g/mol. The molecule has 0 rings (SSSR count). The van der Waals surface area contributed by atoms with E-state index in [2.05, 4.69) is 4.74 Å². The first kappa shape index (κ1) is 10.0. The number of ether oxygens (including phenoxy) is 1. The summed E-state index contributed by atoms with van der Waals surface area (Å²) in [6.07, 6.45) is 0. The fraction of sp³-hybridized carbons (Fsp3) is 0.500. The third-order valence-electron chi connectivity index (χ3n) is 0.501. The van der Waals surface area contributed by atoms with Crippen molar-refractivity contribution in [2.45, 2.75) is 11.4 Å². The van der Waals surface area contributed by atoms with Gasteiger partial charge in [-0.1, -0.05) is 0 Å². The van der Waals surface area contributed by atoms with Crippen LogP contribution >= 0.6 is 34.8 Å². The van der Waals surface area contributed by atoms with Crippen molar-refractivity contribution in [1.82, 2.24) is 0 Å². The fourth-order valence-electron chi connectivity index (χ4n) is 0.221. The summed E-state index contributed by atoms with van der Waals surface area (Å²) >= 11 is 15.0. The highest BCUT2D eigenvalue weighted by Gasteiger charge is 2.35. The average Bonchev–Trinajstić information content (AvgIpc) is 1.60.